The van der Waals surface area contributed by atoms with Gasteiger partial charge in [0.15, 0.2) is 0 Å². The largest absolute Gasteiger partial charge is 0.369 e. The van der Waals surface area contributed by atoms with Crippen LogP contribution in [0, 0.1) is 0 Å². The Hall–Kier alpha value is -2.33. The topological polar surface area (TPSA) is 35.6 Å². The first-order valence-corrected chi connectivity index (χ1v) is 8.14. The first-order valence-electron chi connectivity index (χ1n) is 8.14. The van der Waals surface area contributed by atoms with E-state index in [-0.39, 0.29) is 11.9 Å². The lowest BCUT2D eigenvalue weighted by molar-refractivity contribution is -0.120. The Balaban J connectivity index is 1.53. The third-order valence-corrected chi connectivity index (χ3v) is 4.40. The SMILES string of the molecule is C[C@@H](C(=O)Nc1ccccc1)N1CCN(c2ccccc2)CC1. The maximum absolute atomic E-state index is 12.4. The van der Waals surface area contributed by atoms with Crippen molar-refractivity contribution in [2.75, 3.05) is 36.4 Å². The van der Waals surface area contributed by atoms with Crippen molar-refractivity contribution in [3.63, 3.8) is 0 Å². The molecule has 1 atom stereocenters. The average molecular weight is 309 g/mol. The predicted octanol–water partition coefficient (Wildman–Crippen LogP) is 2.84. The van der Waals surface area contributed by atoms with Crippen LogP contribution in [0.5, 0.6) is 0 Å². The Labute approximate surface area is 137 Å². The third kappa shape index (κ3) is 3.90. The number of carbonyl (C=O) groups excluding carboxylic acids is 1. The minimum absolute atomic E-state index is 0.0596. The van der Waals surface area contributed by atoms with Crippen LogP contribution in [-0.4, -0.2) is 43.0 Å². The van der Waals surface area contributed by atoms with Crippen molar-refractivity contribution in [2.24, 2.45) is 0 Å². The number of rotatable bonds is 4. The van der Waals surface area contributed by atoms with E-state index in [4.69, 9.17) is 0 Å². The normalized spacial score (nSPS) is 16.8. The van der Waals surface area contributed by atoms with Crippen LogP contribution in [0.1, 0.15) is 6.92 Å². The standard InChI is InChI=1S/C19H23N3O/c1-16(19(23)20-17-8-4-2-5-9-17)21-12-14-22(15-13-21)18-10-6-3-7-11-18/h2-11,16H,12-15H2,1H3,(H,20,23)/t16-/m0/s1. The van der Waals surface area contributed by atoms with Gasteiger partial charge < -0.3 is 10.2 Å². The van der Waals surface area contributed by atoms with Crippen LogP contribution in [0.2, 0.25) is 0 Å². The molecule has 0 bridgehead atoms. The summed E-state index contributed by atoms with van der Waals surface area (Å²) in [7, 11) is 0. The Morgan fingerprint density at radius 2 is 1.48 bits per heavy atom. The molecular weight excluding hydrogens is 286 g/mol. The number of amides is 1. The molecule has 120 valence electrons. The minimum atomic E-state index is -0.117. The van der Waals surface area contributed by atoms with Crippen LogP contribution in [0.25, 0.3) is 0 Å². The second kappa shape index (κ2) is 7.29. The molecule has 3 rings (SSSR count). The molecule has 1 fully saturated rings. The van der Waals surface area contributed by atoms with E-state index in [2.05, 4.69) is 39.4 Å². The molecule has 0 radical (unpaired) electrons. The summed E-state index contributed by atoms with van der Waals surface area (Å²) in [4.78, 5) is 17.0. The predicted molar refractivity (Wildman–Crippen MR) is 94.8 cm³/mol. The summed E-state index contributed by atoms with van der Waals surface area (Å²) in [6, 6.07) is 20.0. The van der Waals surface area contributed by atoms with Gasteiger partial charge in [-0.2, -0.15) is 0 Å². The van der Waals surface area contributed by atoms with E-state index in [1.165, 1.54) is 5.69 Å². The van der Waals surface area contributed by atoms with E-state index in [1.54, 1.807) is 0 Å². The lowest BCUT2D eigenvalue weighted by Gasteiger charge is -2.38. The number of hydrogen-bond donors (Lipinski definition) is 1. The van der Waals surface area contributed by atoms with E-state index in [9.17, 15) is 4.79 Å². The molecule has 0 spiro atoms. The third-order valence-electron chi connectivity index (χ3n) is 4.40. The summed E-state index contributed by atoms with van der Waals surface area (Å²) in [5.74, 6) is 0.0596. The summed E-state index contributed by atoms with van der Waals surface area (Å²) in [6.45, 7) is 5.69. The number of para-hydroxylation sites is 2. The number of piperazine rings is 1. The summed E-state index contributed by atoms with van der Waals surface area (Å²) in [6.07, 6.45) is 0. The quantitative estimate of drug-likeness (QED) is 0.943. The zero-order valence-electron chi connectivity index (χ0n) is 13.5. The molecule has 1 aliphatic heterocycles. The maximum atomic E-state index is 12.4. The van der Waals surface area contributed by atoms with Gasteiger partial charge in [0.1, 0.15) is 0 Å². The van der Waals surface area contributed by atoms with Gasteiger partial charge in [-0.25, -0.2) is 0 Å². The molecule has 0 saturated carbocycles. The Morgan fingerprint density at radius 3 is 2.09 bits per heavy atom. The molecule has 1 saturated heterocycles. The van der Waals surface area contributed by atoms with Gasteiger partial charge in [0.05, 0.1) is 6.04 Å². The molecule has 1 heterocycles. The maximum Gasteiger partial charge on any atom is 0.241 e. The van der Waals surface area contributed by atoms with Crippen molar-refractivity contribution >= 4 is 17.3 Å². The Bertz CT molecular complexity index is 622. The summed E-state index contributed by atoms with van der Waals surface area (Å²) in [5.41, 5.74) is 2.11. The van der Waals surface area contributed by atoms with Crippen molar-refractivity contribution in [3.05, 3.63) is 60.7 Å². The monoisotopic (exact) mass is 309 g/mol. The van der Waals surface area contributed by atoms with Crippen LogP contribution in [0.4, 0.5) is 11.4 Å². The Kier molecular flexibility index (Phi) is 4.93. The fraction of sp³-hybridized carbons (Fsp3) is 0.316. The smallest absolute Gasteiger partial charge is 0.241 e. The van der Waals surface area contributed by atoms with E-state index < -0.39 is 0 Å². The van der Waals surface area contributed by atoms with Crippen LogP contribution in [0.3, 0.4) is 0 Å². The van der Waals surface area contributed by atoms with Gasteiger partial charge in [-0.3, -0.25) is 9.69 Å². The van der Waals surface area contributed by atoms with Crippen molar-refractivity contribution in [3.8, 4) is 0 Å². The van der Waals surface area contributed by atoms with Gasteiger partial charge in [0.25, 0.3) is 0 Å². The van der Waals surface area contributed by atoms with Crippen molar-refractivity contribution < 1.29 is 4.79 Å². The van der Waals surface area contributed by atoms with E-state index in [0.29, 0.717) is 0 Å². The second-order valence-electron chi connectivity index (χ2n) is 5.89. The molecule has 0 aromatic heterocycles. The van der Waals surface area contributed by atoms with Gasteiger partial charge in [-0.15, -0.1) is 0 Å². The number of hydrogen-bond acceptors (Lipinski definition) is 3. The van der Waals surface area contributed by atoms with E-state index >= 15 is 0 Å². The molecule has 1 aliphatic rings. The highest BCUT2D eigenvalue weighted by atomic mass is 16.2. The van der Waals surface area contributed by atoms with E-state index in [1.807, 2.05) is 43.3 Å². The molecule has 0 unspecified atom stereocenters. The summed E-state index contributed by atoms with van der Waals surface area (Å²) >= 11 is 0. The number of carbonyl (C=O) groups is 1. The number of nitrogens with one attached hydrogen (secondary N) is 1. The van der Waals surface area contributed by atoms with Crippen LogP contribution in [0.15, 0.2) is 60.7 Å². The summed E-state index contributed by atoms with van der Waals surface area (Å²) in [5, 5.41) is 2.99. The first-order chi connectivity index (χ1) is 11.2. The number of anilines is 2. The highest BCUT2D eigenvalue weighted by molar-refractivity contribution is 5.94. The van der Waals surface area contributed by atoms with Crippen LogP contribution >= 0.6 is 0 Å². The average Bonchev–Trinajstić information content (AvgIpc) is 2.63. The van der Waals surface area contributed by atoms with Gasteiger partial charge in [0, 0.05) is 37.6 Å². The zero-order valence-corrected chi connectivity index (χ0v) is 13.5. The molecule has 2 aromatic carbocycles. The van der Waals surface area contributed by atoms with Crippen molar-refractivity contribution in [1.29, 1.82) is 0 Å². The molecule has 0 aliphatic carbocycles. The van der Waals surface area contributed by atoms with Gasteiger partial charge in [-0.05, 0) is 31.2 Å². The molecule has 2 aromatic rings. The Morgan fingerprint density at radius 1 is 0.913 bits per heavy atom. The van der Waals surface area contributed by atoms with Gasteiger partial charge in [0.2, 0.25) is 5.91 Å². The zero-order chi connectivity index (χ0) is 16.1. The van der Waals surface area contributed by atoms with Crippen LogP contribution < -0.4 is 10.2 Å². The van der Waals surface area contributed by atoms with Crippen LogP contribution in [-0.2, 0) is 4.79 Å². The first kappa shape index (κ1) is 15.6. The molecule has 1 N–H and O–H groups in total. The number of benzene rings is 2. The summed E-state index contributed by atoms with van der Waals surface area (Å²) < 4.78 is 0. The highest BCUT2D eigenvalue weighted by Gasteiger charge is 2.25. The van der Waals surface area contributed by atoms with E-state index in [0.717, 1.165) is 31.9 Å². The lowest BCUT2D eigenvalue weighted by Crippen LogP contribution is -2.52. The van der Waals surface area contributed by atoms with Crippen molar-refractivity contribution in [2.45, 2.75) is 13.0 Å². The molecule has 4 heteroatoms. The second-order valence-corrected chi connectivity index (χ2v) is 5.89. The molecule has 4 nitrogen and oxygen atoms in total. The fourth-order valence-electron chi connectivity index (χ4n) is 2.94. The fourth-order valence-corrected chi connectivity index (χ4v) is 2.94. The molecule has 1 amide bonds. The van der Waals surface area contributed by atoms with Gasteiger partial charge >= 0.3 is 0 Å². The minimum Gasteiger partial charge on any atom is -0.369 e. The van der Waals surface area contributed by atoms with Gasteiger partial charge in [-0.1, -0.05) is 36.4 Å². The highest BCUT2D eigenvalue weighted by Crippen LogP contribution is 2.17. The van der Waals surface area contributed by atoms with Crippen molar-refractivity contribution in [1.82, 2.24) is 4.90 Å². The molecular formula is C19H23N3O. The molecule has 23 heavy (non-hydrogen) atoms. The lowest BCUT2D eigenvalue weighted by atomic mass is 10.2. The number of nitrogens with zero attached hydrogens (tertiary/aromatic N) is 2.